The van der Waals surface area contributed by atoms with E-state index in [1.54, 1.807) is 18.1 Å². The number of aromatic amines is 1. The van der Waals surface area contributed by atoms with Crippen molar-refractivity contribution in [2.75, 3.05) is 20.2 Å². The molecule has 1 aromatic carbocycles. The van der Waals surface area contributed by atoms with Crippen LogP contribution in [-0.2, 0) is 9.59 Å². The normalized spacial score (nSPS) is 26.7. The molecule has 0 bridgehead atoms. The summed E-state index contributed by atoms with van der Waals surface area (Å²) in [6.07, 6.45) is 9.46. The molecule has 5 rings (SSSR count). The van der Waals surface area contributed by atoms with E-state index < -0.39 is 12.1 Å². The van der Waals surface area contributed by atoms with Crippen LogP contribution in [0.2, 0.25) is 0 Å². The van der Waals surface area contributed by atoms with Crippen LogP contribution in [0.15, 0.2) is 24.3 Å². The van der Waals surface area contributed by atoms with E-state index in [1.807, 2.05) is 18.2 Å². The van der Waals surface area contributed by atoms with Gasteiger partial charge in [-0.15, -0.1) is 6.42 Å². The van der Waals surface area contributed by atoms with Crippen LogP contribution in [0, 0.1) is 30.1 Å². The molecule has 5 atom stereocenters. The average Bonchev–Trinajstić information content (AvgIpc) is 3.48. The number of carbonyl (C=O) groups is 3. The number of carbonyl (C=O) groups excluding carboxylic acids is 3. The van der Waals surface area contributed by atoms with Crippen LogP contribution in [0.25, 0.3) is 10.9 Å². The number of aromatic nitrogens is 1. The lowest BCUT2D eigenvalue weighted by molar-refractivity contribution is -0.129. The number of nitrogens with zero attached hydrogens (tertiary/aromatic N) is 1. The second-order valence-corrected chi connectivity index (χ2v) is 9.66. The molecule has 5 unspecified atom stereocenters. The van der Waals surface area contributed by atoms with Gasteiger partial charge in [-0.05, 0) is 62.1 Å². The van der Waals surface area contributed by atoms with Crippen molar-refractivity contribution >= 4 is 28.6 Å². The summed E-state index contributed by atoms with van der Waals surface area (Å²) >= 11 is 0. The summed E-state index contributed by atoms with van der Waals surface area (Å²) in [5.74, 6) is 3.58. The maximum absolute atomic E-state index is 13.5. The van der Waals surface area contributed by atoms with Gasteiger partial charge in [0.1, 0.15) is 17.5 Å². The Morgan fingerprint density at radius 1 is 1.32 bits per heavy atom. The average molecular weight is 463 g/mol. The van der Waals surface area contributed by atoms with E-state index in [0.717, 1.165) is 30.2 Å². The molecule has 2 aliphatic heterocycles. The number of rotatable bonds is 6. The van der Waals surface area contributed by atoms with Gasteiger partial charge < -0.3 is 25.3 Å². The first-order valence-electron chi connectivity index (χ1n) is 12.0. The number of hydrogen-bond acceptors (Lipinski definition) is 4. The molecule has 3 heterocycles. The number of amides is 3. The number of H-pyrrole nitrogens is 1. The number of likely N-dealkylation sites (tertiary alicyclic amines) is 1. The molecule has 178 valence electrons. The van der Waals surface area contributed by atoms with E-state index in [9.17, 15) is 14.4 Å². The van der Waals surface area contributed by atoms with E-state index in [4.69, 9.17) is 11.2 Å². The molecule has 1 aliphatic carbocycles. The Morgan fingerprint density at radius 2 is 2.18 bits per heavy atom. The van der Waals surface area contributed by atoms with Gasteiger partial charge in [-0.3, -0.25) is 14.4 Å². The van der Waals surface area contributed by atoms with Crippen molar-refractivity contribution in [1.29, 1.82) is 0 Å². The van der Waals surface area contributed by atoms with E-state index in [1.165, 1.54) is 0 Å². The smallest absolute Gasteiger partial charge is 0.270 e. The first-order valence-corrected chi connectivity index (χ1v) is 12.0. The molecule has 0 radical (unpaired) electrons. The lowest BCUT2D eigenvalue weighted by atomic mass is 9.91. The molecule has 2 saturated heterocycles. The topological polar surface area (TPSA) is 104 Å². The van der Waals surface area contributed by atoms with Crippen molar-refractivity contribution < 1.29 is 19.1 Å². The molecule has 3 aliphatic rings. The van der Waals surface area contributed by atoms with Crippen molar-refractivity contribution in [3.8, 4) is 18.1 Å². The highest BCUT2D eigenvalue weighted by molar-refractivity contribution is 6.01. The highest BCUT2D eigenvalue weighted by Gasteiger charge is 2.49. The molecular formula is C26H30N4O4. The second-order valence-electron chi connectivity index (χ2n) is 9.66. The number of fused-ring (bicyclic) bond motifs is 2. The third-order valence-corrected chi connectivity index (χ3v) is 7.48. The number of methoxy groups -OCH3 is 1. The summed E-state index contributed by atoms with van der Waals surface area (Å²) in [6.45, 7) is 1.24. The quantitative estimate of drug-likeness (QED) is 0.572. The summed E-state index contributed by atoms with van der Waals surface area (Å²) in [6, 6.07) is 6.27. The lowest BCUT2D eigenvalue weighted by Crippen LogP contribution is -2.54. The van der Waals surface area contributed by atoms with Gasteiger partial charge in [-0.1, -0.05) is 12.0 Å². The Bertz CT molecular complexity index is 1170. The minimum absolute atomic E-state index is 0.00900. The Balaban J connectivity index is 1.33. The third-order valence-electron chi connectivity index (χ3n) is 7.48. The fourth-order valence-corrected chi connectivity index (χ4v) is 5.45. The summed E-state index contributed by atoms with van der Waals surface area (Å²) in [4.78, 5) is 43.9. The van der Waals surface area contributed by atoms with Crippen LogP contribution >= 0.6 is 0 Å². The number of terminal acetylenes is 1. The van der Waals surface area contributed by atoms with Crippen LogP contribution in [0.3, 0.4) is 0 Å². The first kappa shape index (κ1) is 22.3. The lowest BCUT2D eigenvalue weighted by Gasteiger charge is -2.35. The number of ether oxygens (including phenoxy) is 1. The largest absolute Gasteiger partial charge is 0.496 e. The molecular weight excluding hydrogens is 432 g/mol. The van der Waals surface area contributed by atoms with Gasteiger partial charge in [0.05, 0.1) is 13.2 Å². The molecule has 3 fully saturated rings. The Labute approximate surface area is 198 Å². The van der Waals surface area contributed by atoms with Gasteiger partial charge >= 0.3 is 0 Å². The zero-order valence-corrected chi connectivity index (χ0v) is 19.3. The number of piperidine rings is 2. The predicted molar refractivity (Wildman–Crippen MR) is 127 cm³/mol. The summed E-state index contributed by atoms with van der Waals surface area (Å²) in [5.41, 5.74) is 1.24. The van der Waals surface area contributed by atoms with Crippen LogP contribution in [0.1, 0.15) is 42.6 Å². The van der Waals surface area contributed by atoms with Crippen LogP contribution in [0.4, 0.5) is 0 Å². The van der Waals surface area contributed by atoms with Crippen molar-refractivity contribution in [2.24, 2.45) is 17.8 Å². The van der Waals surface area contributed by atoms with Crippen molar-refractivity contribution in [3.63, 3.8) is 0 Å². The number of nitrogens with one attached hydrogen (secondary N) is 3. The van der Waals surface area contributed by atoms with Gasteiger partial charge in [0, 0.05) is 29.9 Å². The van der Waals surface area contributed by atoms with Crippen LogP contribution in [0.5, 0.6) is 5.75 Å². The molecule has 1 aromatic heterocycles. The zero-order valence-electron chi connectivity index (χ0n) is 19.3. The molecule has 34 heavy (non-hydrogen) atoms. The van der Waals surface area contributed by atoms with Gasteiger partial charge in [-0.25, -0.2) is 0 Å². The highest BCUT2D eigenvalue weighted by atomic mass is 16.5. The Kier molecular flexibility index (Phi) is 5.94. The van der Waals surface area contributed by atoms with E-state index in [0.29, 0.717) is 49.2 Å². The monoisotopic (exact) mass is 462 g/mol. The standard InChI is InChI=1S/C26H30N4O4/c1-3-18(11-15-6-5-9-27-24(15)31)28-25(32)22-12-16-10-17(16)14-30(22)26(33)21-13-19-20(29-21)7-4-8-23(19)34-2/h1,4,7-8,13,15-18,22,29H,5-6,9-12,14H2,2H3,(H,27,31)(H,28,32). The highest BCUT2D eigenvalue weighted by Crippen LogP contribution is 2.47. The van der Waals surface area contributed by atoms with Crippen molar-refractivity contribution in [3.05, 3.63) is 30.0 Å². The maximum Gasteiger partial charge on any atom is 0.270 e. The SMILES string of the molecule is C#CC(CC1CCCNC1=O)NC(=O)C1CC2CC2CN1C(=O)c1cc2c(OC)cccc2[nH]1. The molecule has 2 aromatic rings. The van der Waals surface area contributed by atoms with Crippen molar-refractivity contribution in [2.45, 2.75) is 44.2 Å². The maximum atomic E-state index is 13.5. The van der Waals surface area contributed by atoms with Gasteiger partial charge in [-0.2, -0.15) is 0 Å². The summed E-state index contributed by atoms with van der Waals surface area (Å²) < 4.78 is 5.42. The predicted octanol–water partition coefficient (Wildman–Crippen LogP) is 2.06. The molecule has 3 amide bonds. The Hall–Kier alpha value is -3.47. The Morgan fingerprint density at radius 3 is 2.94 bits per heavy atom. The minimum Gasteiger partial charge on any atom is -0.496 e. The molecule has 8 heteroatoms. The third kappa shape index (κ3) is 4.23. The van der Waals surface area contributed by atoms with Gasteiger partial charge in [0.2, 0.25) is 11.8 Å². The van der Waals surface area contributed by atoms with Gasteiger partial charge in [0.25, 0.3) is 5.91 Å². The van der Waals surface area contributed by atoms with Crippen molar-refractivity contribution in [1.82, 2.24) is 20.5 Å². The van der Waals surface area contributed by atoms with E-state index in [-0.39, 0.29) is 23.6 Å². The summed E-state index contributed by atoms with van der Waals surface area (Å²) in [5, 5.41) is 6.64. The minimum atomic E-state index is -0.583. The molecule has 3 N–H and O–H groups in total. The second kappa shape index (κ2) is 9.05. The zero-order chi connectivity index (χ0) is 23.8. The fraction of sp³-hybridized carbons (Fsp3) is 0.500. The van der Waals surface area contributed by atoms with Gasteiger partial charge in [0.15, 0.2) is 0 Å². The molecule has 0 spiro atoms. The number of benzene rings is 1. The molecule has 1 saturated carbocycles. The first-order chi connectivity index (χ1) is 16.5. The fourth-order valence-electron chi connectivity index (χ4n) is 5.45. The van der Waals surface area contributed by atoms with E-state index in [2.05, 4.69) is 21.5 Å². The number of hydrogen-bond donors (Lipinski definition) is 3. The molecule has 8 nitrogen and oxygen atoms in total. The van der Waals surface area contributed by atoms with Crippen LogP contribution in [-0.4, -0.2) is 59.9 Å². The van der Waals surface area contributed by atoms with Crippen LogP contribution < -0.4 is 15.4 Å². The summed E-state index contributed by atoms with van der Waals surface area (Å²) in [7, 11) is 1.60. The van der Waals surface area contributed by atoms with E-state index >= 15 is 0 Å².